The van der Waals surface area contributed by atoms with E-state index in [2.05, 4.69) is 68.5 Å². The van der Waals surface area contributed by atoms with Gasteiger partial charge in [0.1, 0.15) is 0 Å². The Labute approximate surface area is 229 Å². The van der Waals surface area contributed by atoms with Crippen LogP contribution in [0.3, 0.4) is 0 Å². The smallest absolute Gasteiger partial charge is 0.0162 e. The molecule has 0 heterocycles. The lowest BCUT2D eigenvalue weighted by Gasteiger charge is -2.29. The number of rotatable bonds is 14. The molecule has 37 heavy (non-hydrogen) atoms. The summed E-state index contributed by atoms with van der Waals surface area (Å²) < 4.78 is 0. The molecule has 0 bridgehead atoms. The lowest BCUT2D eigenvalue weighted by atomic mass is 9.77. The molecule has 0 aliphatic heterocycles. The van der Waals surface area contributed by atoms with E-state index in [1.807, 2.05) is 0 Å². The summed E-state index contributed by atoms with van der Waals surface area (Å²) in [6.07, 6.45) is 27.8. The van der Waals surface area contributed by atoms with Crippen molar-refractivity contribution in [2.45, 2.75) is 135 Å². The van der Waals surface area contributed by atoms with Crippen molar-refractivity contribution in [1.29, 1.82) is 0 Å². The van der Waals surface area contributed by atoms with E-state index in [-0.39, 0.29) is 0 Å². The molecule has 0 saturated heterocycles. The molecule has 1 unspecified atom stereocenters. The Kier molecular flexibility index (Phi) is 11.9. The molecule has 4 rings (SSSR count). The fourth-order valence-electron chi connectivity index (χ4n) is 6.92. The van der Waals surface area contributed by atoms with Crippen LogP contribution in [0.4, 0.5) is 0 Å². The number of benzene rings is 2. The first-order valence-corrected chi connectivity index (χ1v) is 16.2. The molecule has 1 atom stereocenters. The number of allylic oxidation sites excluding steroid dienone is 2. The van der Waals surface area contributed by atoms with E-state index in [4.69, 9.17) is 0 Å². The molecule has 2 aromatic carbocycles. The van der Waals surface area contributed by atoms with E-state index in [9.17, 15) is 0 Å². The van der Waals surface area contributed by atoms with Gasteiger partial charge >= 0.3 is 0 Å². The predicted octanol–water partition coefficient (Wildman–Crippen LogP) is 12.1. The van der Waals surface area contributed by atoms with Gasteiger partial charge in [-0.05, 0) is 90.5 Å². The van der Waals surface area contributed by atoms with E-state index in [0.29, 0.717) is 0 Å². The summed E-state index contributed by atoms with van der Waals surface area (Å²) in [4.78, 5) is 0. The van der Waals surface area contributed by atoms with Crippen LogP contribution in [0, 0.1) is 11.8 Å². The normalized spacial score (nSPS) is 22.1. The Morgan fingerprint density at radius 3 is 1.73 bits per heavy atom. The van der Waals surface area contributed by atoms with Gasteiger partial charge in [0.15, 0.2) is 0 Å². The van der Waals surface area contributed by atoms with Gasteiger partial charge in [-0.25, -0.2) is 0 Å². The van der Waals surface area contributed by atoms with Gasteiger partial charge in [-0.15, -0.1) is 0 Å². The molecule has 1 fully saturated rings. The summed E-state index contributed by atoms with van der Waals surface area (Å²) in [5, 5.41) is 0. The Morgan fingerprint density at radius 1 is 0.541 bits per heavy atom. The summed E-state index contributed by atoms with van der Waals surface area (Å²) in [5.41, 5.74) is 7.29. The second-order valence-electron chi connectivity index (χ2n) is 12.3. The van der Waals surface area contributed by atoms with Crippen LogP contribution in [0.1, 0.15) is 146 Å². The largest absolute Gasteiger partial charge is 0.0804 e. The van der Waals surface area contributed by atoms with Crippen LogP contribution in [-0.2, 0) is 0 Å². The Balaban J connectivity index is 1.22. The summed E-state index contributed by atoms with van der Waals surface area (Å²) >= 11 is 0. The van der Waals surface area contributed by atoms with Crippen molar-refractivity contribution in [2.75, 3.05) is 0 Å². The Bertz CT molecular complexity index is 908. The third-order valence-electron chi connectivity index (χ3n) is 9.52. The highest BCUT2D eigenvalue weighted by molar-refractivity contribution is 5.71. The molecule has 0 radical (unpaired) electrons. The van der Waals surface area contributed by atoms with Gasteiger partial charge in [0, 0.05) is 0 Å². The topological polar surface area (TPSA) is 0 Å². The molecular formula is C37H54. The van der Waals surface area contributed by atoms with Crippen LogP contribution in [-0.4, -0.2) is 0 Å². The Morgan fingerprint density at radius 2 is 1.08 bits per heavy atom. The van der Waals surface area contributed by atoms with Gasteiger partial charge in [0.2, 0.25) is 0 Å². The molecule has 2 aliphatic rings. The van der Waals surface area contributed by atoms with Crippen molar-refractivity contribution in [2.24, 2.45) is 11.8 Å². The highest BCUT2D eigenvalue weighted by Gasteiger charge is 2.22. The maximum atomic E-state index is 2.55. The quantitative estimate of drug-likeness (QED) is 0.227. The van der Waals surface area contributed by atoms with Gasteiger partial charge in [-0.3, -0.25) is 0 Å². The van der Waals surface area contributed by atoms with Crippen LogP contribution < -0.4 is 0 Å². The first-order valence-electron chi connectivity index (χ1n) is 16.2. The van der Waals surface area contributed by atoms with Gasteiger partial charge < -0.3 is 0 Å². The minimum Gasteiger partial charge on any atom is -0.0804 e. The minimum absolute atomic E-state index is 0.780. The third-order valence-corrected chi connectivity index (χ3v) is 9.52. The molecule has 2 aromatic rings. The lowest BCUT2D eigenvalue weighted by molar-refractivity contribution is 0.303. The standard InChI is InChI=1S/C37H54/c1-3-5-7-8-9-11-13-31-16-20-33(21-17-31)35-24-28-37(29-25-35)36-26-22-34(23-27-36)32-18-14-30(15-19-32)12-10-6-4-2/h20,22-32H,3-19,21H2,1-2H3. The molecule has 0 heteroatoms. The van der Waals surface area contributed by atoms with Gasteiger partial charge in [0.25, 0.3) is 0 Å². The zero-order valence-corrected chi connectivity index (χ0v) is 24.2. The second-order valence-corrected chi connectivity index (χ2v) is 12.3. The molecule has 2 aliphatic carbocycles. The van der Waals surface area contributed by atoms with E-state index >= 15 is 0 Å². The van der Waals surface area contributed by atoms with E-state index in [1.54, 1.807) is 11.1 Å². The maximum absolute atomic E-state index is 2.55. The molecule has 0 N–H and O–H groups in total. The predicted molar refractivity (Wildman–Crippen MR) is 164 cm³/mol. The molecule has 202 valence electrons. The van der Waals surface area contributed by atoms with Crippen LogP contribution >= 0.6 is 0 Å². The zero-order valence-electron chi connectivity index (χ0n) is 24.2. The minimum atomic E-state index is 0.780. The molecule has 0 amide bonds. The van der Waals surface area contributed by atoms with Gasteiger partial charge in [-0.1, -0.05) is 139 Å². The van der Waals surface area contributed by atoms with Gasteiger partial charge in [-0.2, -0.15) is 0 Å². The first kappa shape index (κ1) is 28.2. The van der Waals surface area contributed by atoms with Crippen molar-refractivity contribution in [3.63, 3.8) is 0 Å². The van der Waals surface area contributed by atoms with Crippen molar-refractivity contribution in [1.82, 2.24) is 0 Å². The van der Waals surface area contributed by atoms with E-state index < -0.39 is 0 Å². The summed E-state index contributed by atoms with van der Waals surface area (Å²) in [5.74, 6) is 2.69. The average molecular weight is 499 g/mol. The zero-order chi connectivity index (χ0) is 25.7. The SMILES string of the molecule is CCCCCCCCC1CC=C(c2ccc(-c3ccc(C4CCC(CCCCC)CC4)cc3)cc2)CC1. The third kappa shape index (κ3) is 8.87. The highest BCUT2D eigenvalue weighted by Crippen LogP contribution is 2.38. The van der Waals surface area contributed by atoms with Crippen molar-refractivity contribution in [3.05, 3.63) is 65.7 Å². The van der Waals surface area contributed by atoms with Gasteiger partial charge in [0.05, 0.1) is 0 Å². The van der Waals surface area contributed by atoms with Crippen molar-refractivity contribution < 1.29 is 0 Å². The average Bonchev–Trinajstić information content (AvgIpc) is 2.96. The Hall–Kier alpha value is -1.82. The van der Waals surface area contributed by atoms with Crippen LogP contribution in [0.2, 0.25) is 0 Å². The van der Waals surface area contributed by atoms with Crippen molar-refractivity contribution in [3.8, 4) is 11.1 Å². The summed E-state index contributed by atoms with van der Waals surface area (Å²) in [7, 11) is 0. The van der Waals surface area contributed by atoms with Crippen molar-refractivity contribution >= 4 is 5.57 Å². The molecule has 0 spiro atoms. The van der Waals surface area contributed by atoms with Crippen LogP contribution in [0.25, 0.3) is 16.7 Å². The molecule has 0 nitrogen and oxygen atoms in total. The first-order chi connectivity index (χ1) is 18.3. The maximum Gasteiger partial charge on any atom is -0.0162 e. The monoisotopic (exact) mass is 498 g/mol. The summed E-state index contributed by atoms with van der Waals surface area (Å²) in [6, 6.07) is 19.0. The fourth-order valence-corrected chi connectivity index (χ4v) is 6.92. The summed E-state index contributed by atoms with van der Waals surface area (Å²) in [6.45, 7) is 4.62. The van der Waals surface area contributed by atoms with E-state index in [0.717, 1.165) is 17.8 Å². The van der Waals surface area contributed by atoms with E-state index in [1.165, 1.54) is 132 Å². The number of hydrogen-bond acceptors (Lipinski definition) is 0. The fraction of sp³-hybridized carbons (Fsp3) is 0.622. The number of hydrogen-bond donors (Lipinski definition) is 0. The van der Waals surface area contributed by atoms with Crippen LogP contribution in [0.15, 0.2) is 54.6 Å². The number of unbranched alkanes of at least 4 members (excludes halogenated alkanes) is 7. The molecule has 1 saturated carbocycles. The lowest BCUT2D eigenvalue weighted by Crippen LogP contribution is -2.13. The molecule has 0 aromatic heterocycles. The second kappa shape index (κ2) is 15.6. The molecular weight excluding hydrogens is 444 g/mol. The van der Waals surface area contributed by atoms with Crippen LogP contribution in [0.5, 0.6) is 0 Å². The highest BCUT2D eigenvalue weighted by atomic mass is 14.3.